The second kappa shape index (κ2) is 11.3. The number of carbonyl (C=O) groups excluding carboxylic acids is 1. The highest BCUT2D eigenvalue weighted by Gasteiger charge is 2.37. The van der Waals surface area contributed by atoms with Gasteiger partial charge in [-0.25, -0.2) is 12.8 Å². The molecule has 1 aromatic heterocycles. The van der Waals surface area contributed by atoms with Crippen LogP contribution in [0.2, 0.25) is 0 Å². The van der Waals surface area contributed by atoms with Crippen LogP contribution < -0.4 is 9.64 Å². The average Bonchev–Trinajstić information content (AvgIpc) is 3.30. The lowest BCUT2D eigenvalue weighted by Gasteiger charge is -2.33. The first-order valence-electron chi connectivity index (χ1n) is 12.1. The Hall–Kier alpha value is -3.50. The van der Waals surface area contributed by atoms with E-state index in [1.165, 1.54) is 22.5 Å². The Morgan fingerprint density at radius 2 is 1.84 bits per heavy atom. The molecule has 4 rings (SSSR count). The summed E-state index contributed by atoms with van der Waals surface area (Å²) in [7, 11) is -2.35. The molecular weight excluding hydrogens is 497 g/mol. The van der Waals surface area contributed by atoms with E-state index >= 15 is 0 Å². The number of hydrogen-bond donors (Lipinski definition) is 0. The van der Waals surface area contributed by atoms with Crippen molar-refractivity contribution in [2.24, 2.45) is 5.92 Å². The van der Waals surface area contributed by atoms with Crippen molar-refractivity contribution in [2.45, 2.75) is 31.6 Å². The Bertz CT molecular complexity index is 1380. The molecular formula is C27H30FN3O5S. The van der Waals surface area contributed by atoms with E-state index in [0.29, 0.717) is 30.7 Å². The van der Waals surface area contributed by atoms with Crippen LogP contribution in [0.5, 0.6) is 5.75 Å². The van der Waals surface area contributed by atoms with Gasteiger partial charge < -0.3 is 14.2 Å². The molecule has 1 aliphatic heterocycles. The molecule has 1 fully saturated rings. The van der Waals surface area contributed by atoms with Gasteiger partial charge in [0, 0.05) is 36.8 Å². The second-order valence-corrected chi connectivity index (χ2v) is 10.6. The summed E-state index contributed by atoms with van der Waals surface area (Å²) in [5, 5.41) is 3.84. The number of hydrogen-bond acceptors (Lipinski definition) is 6. The Morgan fingerprint density at radius 3 is 2.46 bits per heavy atom. The molecule has 10 heteroatoms. The molecule has 0 aliphatic carbocycles. The highest BCUT2D eigenvalue weighted by atomic mass is 32.2. The number of amides is 1. The number of aryl methyl sites for hydroxylation is 1. The van der Waals surface area contributed by atoms with E-state index in [9.17, 15) is 17.6 Å². The van der Waals surface area contributed by atoms with Crippen molar-refractivity contribution < 1.29 is 26.9 Å². The predicted octanol–water partition coefficient (Wildman–Crippen LogP) is 4.75. The molecule has 0 saturated carbocycles. The molecule has 2 heterocycles. The van der Waals surface area contributed by atoms with Crippen molar-refractivity contribution in [3.05, 3.63) is 71.4 Å². The highest BCUT2D eigenvalue weighted by molar-refractivity contribution is 7.89. The van der Waals surface area contributed by atoms with Gasteiger partial charge in [-0.2, -0.15) is 4.31 Å². The number of methoxy groups -OCH3 is 1. The standard InChI is InChI=1S/C27H30FN3O5S/c1-4-31(22-10-12-23(35-3)13-11-22)27(32)21-15-17-30(18-16-21)37(33,34)26-19(2)29-36-25(26)14-9-20-7-5-6-8-24(20)28/h5-14,21H,4,15-18H2,1-3H3/b14-9+. The van der Waals surface area contributed by atoms with E-state index in [1.807, 2.05) is 19.1 Å². The number of carbonyl (C=O) groups is 1. The van der Waals surface area contributed by atoms with Gasteiger partial charge in [0.25, 0.3) is 0 Å². The lowest BCUT2D eigenvalue weighted by molar-refractivity contribution is -0.123. The number of nitrogens with zero attached hydrogens (tertiary/aromatic N) is 3. The van der Waals surface area contributed by atoms with Gasteiger partial charge in [-0.05, 0) is 69.2 Å². The van der Waals surface area contributed by atoms with E-state index < -0.39 is 15.8 Å². The first kappa shape index (κ1) is 26.6. The number of anilines is 1. The number of halogens is 1. The molecule has 0 unspecified atom stereocenters. The van der Waals surface area contributed by atoms with Crippen LogP contribution >= 0.6 is 0 Å². The van der Waals surface area contributed by atoms with Crippen LogP contribution in [0.1, 0.15) is 36.8 Å². The Morgan fingerprint density at radius 1 is 1.16 bits per heavy atom. The molecule has 1 saturated heterocycles. The van der Waals surface area contributed by atoms with Gasteiger partial charge in [0.2, 0.25) is 15.9 Å². The van der Waals surface area contributed by atoms with Gasteiger partial charge in [-0.1, -0.05) is 23.4 Å². The van der Waals surface area contributed by atoms with Crippen molar-refractivity contribution >= 4 is 33.8 Å². The molecule has 3 aromatic rings. The van der Waals surface area contributed by atoms with E-state index in [-0.39, 0.29) is 41.3 Å². The van der Waals surface area contributed by atoms with Gasteiger partial charge in [0.15, 0.2) is 10.7 Å². The quantitative estimate of drug-likeness (QED) is 0.420. The first-order chi connectivity index (χ1) is 17.8. The molecule has 8 nitrogen and oxygen atoms in total. The summed E-state index contributed by atoms with van der Waals surface area (Å²) < 4.78 is 52.9. The Kier molecular flexibility index (Phi) is 8.09. The fourth-order valence-electron chi connectivity index (χ4n) is 4.49. The molecule has 37 heavy (non-hydrogen) atoms. The van der Waals surface area contributed by atoms with Crippen molar-refractivity contribution in [1.82, 2.24) is 9.46 Å². The molecule has 196 valence electrons. The minimum atomic E-state index is -3.94. The topological polar surface area (TPSA) is 93.0 Å². The fourth-order valence-corrected chi connectivity index (χ4v) is 6.21. The van der Waals surface area contributed by atoms with Gasteiger partial charge >= 0.3 is 0 Å². The van der Waals surface area contributed by atoms with Crippen LogP contribution in [-0.2, 0) is 14.8 Å². The summed E-state index contributed by atoms with van der Waals surface area (Å²) in [4.78, 5) is 15.0. The maximum Gasteiger partial charge on any atom is 0.248 e. The number of benzene rings is 2. The summed E-state index contributed by atoms with van der Waals surface area (Å²) in [6.07, 6.45) is 3.66. The lowest BCUT2D eigenvalue weighted by atomic mass is 9.96. The van der Waals surface area contributed by atoms with E-state index in [1.54, 1.807) is 49.3 Å². The SMILES string of the molecule is CCN(C(=O)C1CCN(S(=O)(=O)c2c(C)noc2/C=C/c2ccccc2F)CC1)c1ccc(OC)cc1. The van der Waals surface area contributed by atoms with Crippen molar-refractivity contribution in [3.63, 3.8) is 0 Å². The van der Waals surface area contributed by atoms with Crippen LogP contribution in [0.4, 0.5) is 10.1 Å². The number of aromatic nitrogens is 1. The Balaban J connectivity index is 1.47. The average molecular weight is 528 g/mol. The first-order valence-corrected chi connectivity index (χ1v) is 13.5. The molecule has 0 atom stereocenters. The van der Waals surface area contributed by atoms with Gasteiger partial charge in [-0.15, -0.1) is 0 Å². The zero-order valence-electron chi connectivity index (χ0n) is 21.1. The minimum Gasteiger partial charge on any atom is -0.497 e. The van der Waals surface area contributed by atoms with Crippen LogP contribution in [0.25, 0.3) is 12.2 Å². The molecule has 0 bridgehead atoms. The lowest BCUT2D eigenvalue weighted by Crippen LogP contribution is -2.44. The zero-order valence-corrected chi connectivity index (χ0v) is 21.9. The summed E-state index contributed by atoms with van der Waals surface area (Å²) in [5.74, 6) is -0.00712. The predicted molar refractivity (Wildman–Crippen MR) is 139 cm³/mol. The van der Waals surface area contributed by atoms with Crippen LogP contribution in [0.15, 0.2) is 57.9 Å². The molecule has 0 N–H and O–H groups in total. The van der Waals surface area contributed by atoms with E-state index in [2.05, 4.69) is 5.16 Å². The van der Waals surface area contributed by atoms with E-state index in [4.69, 9.17) is 9.26 Å². The van der Waals surface area contributed by atoms with Gasteiger partial charge in [0.1, 0.15) is 17.3 Å². The zero-order chi connectivity index (χ0) is 26.6. The maximum absolute atomic E-state index is 14.0. The largest absolute Gasteiger partial charge is 0.497 e. The number of rotatable bonds is 8. The third-order valence-electron chi connectivity index (χ3n) is 6.52. The summed E-state index contributed by atoms with van der Waals surface area (Å²) in [5.41, 5.74) is 1.30. The van der Waals surface area contributed by atoms with Crippen LogP contribution in [0, 0.1) is 18.7 Å². The van der Waals surface area contributed by atoms with E-state index in [0.717, 1.165) is 5.69 Å². The highest BCUT2D eigenvalue weighted by Crippen LogP contribution is 2.31. The van der Waals surface area contributed by atoms with Crippen LogP contribution in [-0.4, -0.2) is 50.5 Å². The number of sulfonamides is 1. The third kappa shape index (κ3) is 5.60. The van der Waals surface area contributed by atoms with Gasteiger partial charge in [-0.3, -0.25) is 4.79 Å². The molecule has 1 amide bonds. The second-order valence-electron chi connectivity index (χ2n) is 8.78. The van der Waals surface area contributed by atoms with Crippen molar-refractivity contribution in [2.75, 3.05) is 31.6 Å². The molecule has 0 radical (unpaired) electrons. The Labute approximate surface area is 216 Å². The molecule has 0 spiro atoms. The number of ether oxygens (including phenoxy) is 1. The van der Waals surface area contributed by atoms with Gasteiger partial charge in [0.05, 0.1) is 7.11 Å². The van der Waals surface area contributed by atoms with Crippen molar-refractivity contribution in [3.8, 4) is 5.75 Å². The monoisotopic (exact) mass is 527 g/mol. The van der Waals surface area contributed by atoms with Crippen LogP contribution in [0.3, 0.4) is 0 Å². The minimum absolute atomic E-state index is 0.0283. The smallest absolute Gasteiger partial charge is 0.248 e. The summed E-state index contributed by atoms with van der Waals surface area (Å²) in [6.45, 7) is 4.36. The van der Waals surface area contributed by atoms with Crippen molar-refractivity contribution in [1.29, 1.82) is 0 Å². The maximum atomic E-state index is 14.0. The molecule has 2 aromatic carbocycles. The summed E-state index contributed by atoms with van der Waals surface area (Å²) in [6, 6.07) is 13.5. The molecule has 1 aliphatic rings. The number of piperidine rings is 1. The summed E-state index contributed by atoms with van der Waals surface area (Å²) >= 11 is 0. The normalized spacial score (nSPS) is 15.2. The fraction of sp³-hybridized carbons (Fsp3) is 0.333. The third-order valence-corrected chi connectivity index (χ3v) is 8.58.